The average molecular weight is 539 g/mol. The molecule has 1 aromatic heterocycles. The minimum atomic E-state index is -1.16. The molecule has 2 heterocycles. The largest absolute Gasteiger partial charge is 0.476 e. The van der Waals surface area contributed by atoms with Gasteiger partial charge in [0.2, 0.25) is 11.8 Å². The lowest BCUT2D eigenvalue weighted by Gasteiger charge is -2.38. The number of hydrogen-bond donors (Lipinski definition) is 2. The fourth-order valence-corrected chi connectivity index (χ4v) is 5.59. The van der Waals surface area contributed by atoms with E-state index in [0.29, 0.717) is 11.4 Å². The van der Waals surface area contributed by atoms with Crippen LogP contribution in [-0.2, 0) is 19.1 Å². The topological polar surface area (TPSA) is 129 Å². The van der Waals surface area contributed by atoms with E-state index in [1.807, 2.05) is 39.6 Å². The molecule has 0 bridgehead atoms. The van der Waals surface area contributed by atoms with Gasteiger partial charge < -0.3 is 20.1 Å². The smallest absolute Gasteiger partial charge is 0.355 e. The number of thiazole rings is 1. The van der Waals surface area contributed by atoms with E-state index in [-0.39, 0.29) is 47.8 Å². The van der Waals surface area contributed by atoms with Crippen molar-refractivity contribution in [2.75, 3.05) is 20.6 Å². The lowest BCUT2D eigenvalue weighted by Crippen LogP contribution is -2.58. The first-order valence-electron chi connectivity index (χ1n) is 13.0. The molecular formula is C26H42N4O6S. The van der Waals surface area contributed by atoms with Gasteiger partial charge in [0.05, 0.1) is 6.04 Å². The predicted molar refractivity (Wildman–Crippen MR) is 141 cm³/mol. The molecule has 1 aromatic rings. The van der Waals surface area contributed by atoms with Crippen molar-refractivity contribution in [3.63, 3.8) is 0 Å². The van der Waals surface area contributed by atoms with Crippen molar-refractivity contribution in [2.45, 2.75) is 91.0 Å². The molecule has 11 heteroatoms. The van der Waals surface area contributed by atoms with Crippen LogP contribution in [0.3, 0.4) is 0 Å². The van der Waals surface area contributed by atoms with Crippen molar-refractivity contribution in [2.24, 2.45) is 11.8 Å². The summed E-state index contributed by atoms with van der Waals surface area (Å²) in [5, 5.41) is 14.1. The number of carboxylic acids is 1. The second-order valence-electron chi connectivity index (χ2n) is 10.3. The minimum Gasteiger partial charge on any atom is -0.476 e. The number of rotatable bonds is 12. The summed E-state index contributed by atoms with van der Waals surface area (Å²) in [4.78, 5) is 58.0. The Morgan fingerprint density at radius 3 is 2.46 bits per heavy atom. The Kier molecular flexibility index (Phi) is 11.5. The van der Waals surface area contributed by atoms with Gasteiger partial charge in [0, 0.05) is 31.8 Å². The first kappa shape index (κ1) is 30.7. The third-order valence-corrected chi connectivity index (χ3v) is 8.18. The molecule has 0 aliphatic carbocycles. The van der Waals surface area contributed by atoms with E-state index >= 15 is 0 Å². The number of likely N-dealkylation sites (tertiary alicyclic amines) is 1. The highest BCUT2D eigenvalue weighted by Gasteiger charge is 2.37. The van der Waals surface area contributed by atoms with Gasteiger partial charge in [-0.2, -0.15) is 0 Å². The maximum atomic E-state index is 13.8. The van der Waals surface area contributed by atoms with Crippen LogP contribution in [0.15, 0.2) is 5.38 Å². The van der Waals surface area contributed by atoms with E-state index in [9.17, 15) is 24.3 Å². The second kappa shape index (κ2) is 13.9. The van der Waals surface area contributed by atoms with E-state index in [1.54, 1.807) is 11.9 Å². The molecular weight excluding hydrogens is 496 g/mol. The van der Waals surface area contributed by atoms with Crippen LogP contribution in [0.25, 0.3) is 0 Å². The number of amides is 2. The van der Waals surface area contributed by atoms with Gasteiger partial charge in [-0.1, -0.05) is 40.5 Å². The number of carbonyl (C=O) groups excluding carboxylic acids is 3. The molecule has 0 saturated carbocycles. The number of carbonyl (C=O) groups is 4. The van der Waals surface area contributed by atoms with E-state index in [0.717, 1.165) is 37.1 Å². The van der Waals surface area contributed by atoms with Crippen LogP contribution in [0.1, 0.15) is 88.3 Å². The third kappa shape index (κ3) is 8.23. The molecule has 10 nitrogen and oxygen atoms in total. The summed E-state index contributed by atoms with van der Waals surface area (Å²) in [6.45, 7) is 10.0. The molecule has 2 N–H and O–H groups in total. The van der Waals surface area contributed by atoms with Gasteiger partial charge in [-0.3, -0.25) is 19.3 Å². The number of aromatic nitrogens is 1. The van der Waals surface area contributed by atoms with Gasteiger partial charge >= 0.3 is 11.9 Å². The van der Waals surface area contributed by atoms with Gasteiger partial charge in [0.15, 0.2) is 11.8 Å². The van der Waals surface area contributed by atoms with Crippen molar-refractivity contribution < 1.29 is 29.0 Å². The van der Waals surface area contributed by atoms with Crippen LogP contribution in [0.4, 0.5) is 0 Å². The molecule has 0 radical (unpaired) electrons. The molecule has 1 aliphatic rings. The number of esters is 1. The molecule has 0 unspecified atom stereocenters. The molecule has 0 aromatic carbocycles. The maximum absolute atomic E-state index is 13.8. The Balaban J connectivity index is 2.27. The monoisotopic (exact) mass is 538 g/mol. The Morgan fingerprint density at radius 1 is 1.27 bits per heavy atom. The Hall–Kier alpha value is -2.53. The SMILES string of the molecule is CC[C@H](C)[C@H](NC(=O)[C@H]1CCCCN1C)C(=O)N(C)[C@H](C[C@@H](OC(C)=O)c1nc(C(=O)O)cs1)C(C)C. The normalized spacial score (nSPS) is 19.5. The highest BCUT2D eigenvalue weighted by molar-refractivity contribution is 7.09. The summed E-state index contributed by atoms with van der Waals surface area (Å²) in [6, 6.07) is -1.29. The maximum Gasteiger partial charge on any atom is 0.355 e. The summed E-state index contributed by atoms with van der Waals surface area (Å²) in [7, 11) is 3.64. The van der Waals surface area contributed by atoms with Crippen molar-refractivity contribution in [1.82, 2.24) is 20.1 Å². The second-order valence-corrected chi connectivity index (χ2v) is 11.2. The number of ether oxygens (including phenoxy) is 1. The zero-order valence-corrected chi connectivity index (χ0v) is 23.8. The van der Waals surface area contributed by atoms with Gasteiger partial charge in [0.1, 0.15) is 11.0 Å². The average Bonchev–Trinajstić information content (AvgIpc) is 3.34. The molecule has 2 amide bonds. The fourth-order valence-electron chi connectivity index (χ4n) is 4.75. The van der Waals surface area contributed by atoms with Crippen LogP contribution < -0.4 is 5.32 Å². The van der Waals surface area contributed by atoms with Crippen LogP contribution >= 0.6 is 11.3 Å². The van der Waals surface area contributed by atoms with E-state index < -0.39 is 24.1 Å². The number of nitrogens with one attached hydrogen (secondary N) is 1. The van der Waals surface area contributed by atoms with Crippen molar-refractivity contribution in [3.8, 4) is 0 Å². The molecule has 1 aliphatic heterocycles. The standard InChI is InChI=1S/C26H42N4O6S/c1-8-16(4)22(28-23(32)19-11-9-10-12-29(19)6)25(33)30(7)20(15(2)3)13-21(36-17(5)31)24-27-18(14-37-24)26(34)35/h14-16,19-22H,8-13H2,1-7H3,(H,28,32)(H,34,35)/t16-,19+,20+,21+,22-/m0/s1. The number of carboxylic acid groups (broad SMARTS) is 1. The van der Waals surface area contributed by atoms with Gasteiger partial charge in [-0.05, 0) is 38.3 Å². The number of aromatic carboxylic acids is 1. The van der Waals surface area contributed by atoms with Crippen molar-refractivity contribution in [1.29, 1.82) is 0 Å². The molecule has 37 heavy (non-hydrogen) atoms. The quantitative estimate of drug-likeness (QED) is 0.388. The number of likely N-dealkylation sites (N-methyl/N-ethyl adjacent to an activating group) is 2. The Labute approximate surface area is 223 Å². The lowest BCUT2D eigenvalue weighted by atomic mass is 9.92. The summed E-state index contributed by atoms with van der Waals surface area (Å²) in [5.41, 5.74) is -0.116. The highest BCUT2D eigenvalue weighted by Crippen LogP contribution is 2.31. The first-order chi connectivity index (χ1) is 17.4. The fraction of sp³-hybridized carbons (Fsp3) is 0.731. The molecule has 1 fully saturated rings. The van der Waals surface area contributed by atoms with E-state index in [2.05, 4.69) is 10.3 Å². The van der Waals surface area contributed by atoms with Crippen molar-refractivity contribution >= 4 is 35.1 Å². The molecule has 0 spiro atoms. The Bertz CT molecular complexity index is 951. The summed E-state index contributed by atoms with van der Waals surface area (Å²) in [6.07, 6.45) is 2.97. The first-order valence-corrected chi connectivity index (χ1v) is 13.9. The summed E-state index contributed by atoms with van der Waals surface area (Å²) in [5.74, 6) is -2.10. The molecule has 2 rings (SSSR count). The van der Waals surface area contributed by atoms with E-state index in [4.69, 9.17) is 4.74 Å². The molecule has 208 valence electrons. The Morgan fingerprint density at radius 2 is 1.95 bits per heavy atom. The number of hydrogen-bond acceptors (Lipinski definition) is 8. The van der Waals surface area contributed by atoms with E-state index in [1.165, 1.54) is 12.3 Å². The summed E-state index contributed by atoms with van der Waals surface area (Å²) >= 11 is 1.11. The number of nitrogens with zero attached hydrogens (tertiary/aromatic N) is 3. The van der Waals surface area contributed by atoms with Crippen LogP contribution in [0.2, 0.25) is 0 Å². The highest BCUT2D eigenvalue weighted by atomic mass is 32.1. The van der Waals surface area contributed by atoms with Crippen LogP contribution in [0.5, 0.6) is 0 Å². The van der Waals surface area contributed by atoms with Gasteiger partial charge in [0.25, 0.3) is 0 Å². The predicted octanol–water partition coefficient (Wildman–Crippen LogP) is 3.33. The number of piperidine rings is 1. The van der Waals surface area contributed by atoms with Gasteiger partial charge in [-0.15, -0.1) is 11.3 Å². The minimum absolute atomic E-state index is 0.0105. The van der Waals surface area contributed by atoms with Crippen LogP contribution in [-0.4, -0.2) is 82.4 Å². The zero-order valence-electron chi connectivity index (χ0n) is 23.0. The zero-order chi connectivity index (χ0) is 27.9. The molecule has 1 saturated heterocycles. The third-order valence-electron chi connectivity index (χ3n) is 7.24. The van der Waals surface area contributed by atoms with Gasteiger partial charge in [-0.25, -0.2) is 9.78 Å². The molecule has 5 atom stereocenters. The van der Waals surface area contributed by atoms with Crippen LogP contribution in [0, 0.1) is 11.8 Å². The lowest BCUT2D eigenvalue weighted by molar-refractivity contribution is -0.149. The van der Waals surface area contributed by atoms with Crippen molar-refractivity contribution in [3.05, 3.63) is 16.1 Å². The summed E-state index contributed by atoms with van der Waals surface area (Å²) < 4.78 is 5.53.